The van der Waals surface area contributed by atoms with E-state index < -0.39 is 68.9 Å². The first-order chi connectivity index (χ1) is 18.8. The van der Waals surface area contributed by atoms with Crippen LogP contribution in [0.1, 0.15) is 36.6 Å². The first-order valence-electron chi connectivity index (χ1n) is 13.1. The van der Waals surface area contributed by atoms with Gasteiger partial charge >= 0.3 is 17.8 Å². The number of alkyl halides is 6. The van der Waals surface area contributed by atoms with Crippen molar-refractivity contribution in [2.45, 2.75) is 70.0 Å². The molecule has 0 fully saturated rings. The highest BCUT2D eigenvalue weighted by atomic mass is 32.2. The van der Waals surface area contributed by atoms with E-state index in [1.54, 1.807) is 56.9 Å². The van der Waals surface area contributed by atoms with Crippen molar-refractivity contribution in [3.63, 3.8) is 0 Å². The number of benzene rings is 1. The van der Waals surface area contributed by atoms with Gasteiger partial charge in [0.2, 0.25) is 0 Å². The van der Waals surface area contributed by atoms with Gasteiger partial charge in [0.1, 0.15) is 0 Å². The van der Waals surface area contributed by atoms with Crippen LogP contribution in [0.4, 0.5) is 26.3 Å². The van der Waals surface area contributed by atoms with Gasteiger partial charge < -0.3 is 0 Å². The summed E-state index contributed by atoms with van der Waals surface area (Å²) in [5.41, 5.74) is -3.48. The topological polar surface area (TPSA) is 34.1 Å². The summed E-state index contributed by atoms with van der Waals surface area (Å²) in [4.78, 5) is 0.713. The maximum absolute atomic E-state index is 15.9. The predicted molar refractivity (Wildman–Crippen MR) is 159 cm³/mol. The Balaban J connectivity index is 2.58. The van der Waals surface area contributed by atoms with Crippen LogP contribution in [-0.2, 0) is 16.3 Å². The van der Waals surface area contributed by atoms with Crippen LogP contribution >= 0.6 is 11.3 Å². The lowest BCUT2D eigenvalue weighted by Crippen LogP contribution is -2.49. The molecule has 2 nitrogen and oxygen atoms in total. The molecule has 0 aliphatic heterocycles. The number of halogens is 6. The highest BCUT2D eigenvalue weighted by Crippen LogP contribution is 2.65. The van der Waals surface area contributed by atoms with Crippen molar-refractivity contribution in [2.75, 3.05) is 6.26 Å². The van der Waals surface area contributed by atoms with Crippen LogP contribution in [0, 0.1) is 0 Å². The second-order valence-corrected chi connectivity index (χ2v) is 19.5. The molecule has 1 aliphatic rings. The summed E-state index contributed by atoms with van der Waals surface area (Å²) in [6.07, 6.45) is 5.34. The number of hydrogen-bond donors (Lipinski definition) is 0. The number of thiophene rings is 1. The third-order valence-corrected chi connectivity index (χ3v) is 13.6. The lowest BCUT2D eigenvalue weighted by Gasteiger charge is -2.29. The van der Waals surface area contributed by atoms with E-state index >= 15 is 26.3 Å². The number of allylic oxidation sites excluding steroid dienone is 6. The molecule has 0 amide bonds. The SMILES string of the molecule is C=C/C=C\CC/C(C1=C(c2cc(-c3ccccc3)sc2CCC)C(F)(F)C(F)(F)C1(F)F)=C(/[Si](C)(C)C)S(C)(=O)=O. The van der Waals surface area contributed by atoms with Gasteiger partial charge in [-0.1, -0.05) is 88.1 Å². The monoisotopic (exact) mass is 632 g/mol. The number of rotatable bonds is 11. The number of aryl methyl sites for hydroxylation is 1. The summed E-state index contributed by atoms with van der Waals surface area (Å²) < 4.78 is 120. The quantitative estimate of drug-likeness (QED) is 0.140. The Morgan fingerprint density at radius 1 is 1.02 bits per heavy atom. The Labute approximate surface area is 243 Å². The van der Waals surface area contributed by atoms with Crippen molar-refractivity contribution in [3.05, 3.63) is 87.3 Å². The van der Waals surface area contributed by atoms with E-state index in [1.165, 1.54) is 24.3 Å². The lowest BCUT2D eigenvalue weighted by atomic mass is 9.92. The fourth-order valence-corrected chi connectivity index (χ4v) is 12.8. The molecule has 2 aromatic rings. The van der Waals surface area contributed by atoms with Crippen molar-refractivity contribution < 1.29 is 34.8 Å². The van der Waals surface area contributed by atoms with E-state index in [0.29, 0.717) is 16.9 Å². The third kappa shape index (κ3) is 6.08. The van der Waals surface area contributed by atoms with E-state index in [4.69, 9.17) is 0 Å². The van der Waals surface area contributed by atoms with Gasteiger partial charge in [-0.15, -0.1) is 11.3 Å². The number of sulfone groups is 1. The van der Waals surface area contributed by atoms with Crippen LogP contribution in [0.25, 0.3) is 16.0 Å². The molecule has 1 aromatic carbocycles. The van der Waals surface area contributed by atoms with E-state index in [2.05, 4.69) is 6.58 Å². The largest absolute Gasteiger partial charge is 0.380 e. The molecule has 0 unspecified atom stereocenters. The van der Waals surface area contributed by atoms with Crippen molar-refractivity contribution in [3.8, 4) is 10.4 Å². The molecule has 1 aliphatic carbocycles. The normalized spacial score (nSPS) is 19.1. The van der Waals surface area contributed by atoms with Gasteiger partial charge in [0.25, 0.3) is 0 Å². The Bertz CT molecular complexity index is 1490. The first kappa shape index (κ1) is 33.1. The van der Waals surface area contributed by atoms with Crippen molar-refractivity contribution in [2.24, 2.45) is 0 Å². The average Bonchev–Trinajstić information content (AvgIpc) is 3.29. The van der Waals surface area contributed by atoms with Crippen LogP contribution in [0.5, 0.6) is 0 Å². The lowest BCUT2D eigenvalue weighted by molar-refractivity contribution is -0.259. The summed E-state index contributed by atoms with van der Waals surface area (Å²) in [6, 6.07) is 9.86. The van der Waals surface area contributed by atoms with Gasteiger partial charge in [-0.25, -0.2) is 8.42 Å². The van der Waals surface area contributed by atoms with E-state index in [1.807, 2.05) is 0 Å². The second-order valence-electron chi connectivity index (χ2n) is 11.1. The Hall–Kier alpha value is -2.37. The van der Waals surface area contributed by atoms with Crippen LogP contribution in [0.3, 0.4) is 0 Å². The summed E-state index contributed by atoms with van der Waals surface area (Å²) in [7, 11) is -7.34. The smallest absolute Gasteiger partial charge is 0.225 e. The maximum Gasteiger partial charge on any atom is 0.380 e. The Morgan fingerprint density at radius 2 is 1.63 bits per heavy atom. The minimum absolute atomic E-state index is 0.0461. The summed E-state index contributed by atoms with van der Waals surface area (Å²) in [5.74, 6) is -16.4. The highest BCUT2D eigenvalue weighted by Gasteiger charge is 2.80. The molecule has 0 saturated heterocycles. The fraction of sp³-hybridized carbons (Fsp3) is 0.400. The van der Waals surface area contributed by atoms with Crippen molar-refractivity contribution >= 4 is 34.8 Å². The van der Waals surface area contributed by atoms with Crippen molar-refractivity contribution in [1.29, 1.82) is 0 Å². The van der Waals surface area contributed by atoms with E-state index in [-0.39, 0.29) is 17.7 Å². The zero-order chi connectivity index (χ0) is 31.0. The highest BCUT2D eigenvalue weighted by molar-refractivity contribution is 7.97. The minimum Gasteiger partial charge on any atom is -0.225 e. The fourth-order valence-electron chi connectivity index (χ4n) is 5.27. The molecule has 0 bridgehead atoms. The Kier molecular flexibility index (Phi) is 9.47. The van der Waals surface area contributed by atoms with E-state index in [9.17, 15) is 8.42 Å². The molecule has 0 spiro atoms. The molecule has 1 heterocycles. The molecule has 224 valence electrons. The second kappa shape index (κ2) is 11.7. The zero-order valence-electron chi connectivity index (χ0n) is 23.6. The first-order valence-corrected chi connectivity index (χ1v) is 19.3. The van der Waals surface area contributed by atoms with Crippen LogP contribution in [-0.4, -0.2) is 40.5 Å². The van der Waals surface area contributed by atoms with Crippen LogP contribution in [0.2, 0.25) is 19.6 Å². The number of hydrogen-bond acceptors (Lipinski definition) is 3. The molecule has 41 heavy (non-hydrogen) atoms. The molecule has 3 rings (SSSR count). The van der Waals surface area contributed by atoms with Crippen molar-refractivity contribution in [1.82, 2.24) is 0 Å². The Morgan fingerprint density at radius 3 is 2.15 bits per heavy atom. The average molecular weight is 633 g/mol. The van der Waals surface area contributed by atoms with Gasteiger partial charge in [-0.2, -0.15) is 26.3 Å². The standard InChI is InChI=1S/C30H34F6O2S2Si/c1-7-9-10-14-18-21(27(40(3,37)38)41(4,5)6)25-26(29(33,34)30(35,36)28(25,31)32)22-19-24(39-23(22)15-8-2)20-16-12-11-13-17-20/h7,9-13,16-17,19H,1,8,14-15,18H2,2-6H3/b10-9-,27-21-. The third-order valence-electron chi connectivity index (χ3n) is 6.74. The molecular formula is C30H34F6O2S2Si. The van der Waals surface area contributed by atoms with Gasteiger partial charge in [-0.3, -0.25) is 0 Å². The zero-order valence-corrected chi connectivity index (χ0v) is 26.3. The molecule has 0 saturated carbocycles. The van der Waals surface area contributed by atoms with Gasteiger partial charge in [0.15, 0.2) is 9.84 Å². The summed E-state index contributed by atoms with van der Waals surface area (Å²) in [5, 5.41) is 0. The van der Waals surface area contributed by atoms with Gasteiger partial charge in [0, 0.05) is 31.7 Å². The molecular weight excluding hydrogens is 599 g/mol. The van der Waals surface area contributed by atoms with Gasteiger partial charge in [0.05, 0.1) is 8.07 Å². The van der Waals surface area contributed by atoms with Crippen LogP contribution in [0.15, 0.2) is 76.9 Å². The van der Waals surface area contributed by atoms with E-state index in [0.717, 1.165) is 17.6 Å². The molecule has 0 N–H and O–H groups in total. The molecule has 0 atom stereocenters. The van der Waals surface area contributed by atoms with Gasteiger partial charge in [-0.05, 0) is 42.0 Å². The molecule has 0 radical (unpaired) electrons. The predicted octanol–water partition coefficient (Wildman–Crippen LogP) is 9.74. The minimum atomic E-state index is -5.78. The summed E-state index contributed by atoms with van der Waals surface area (Å²) in [6.45, 7) is 9.97. The summed E-state index contributed by atoms with van der Waals surface area (Å²) >= 11 is 1.08. The maximum atomic E-state index is 15.9. The van der Waals surface area contributed by atoms with Crippen LogP contribution < -0.4 is 0 Å². The molecule has 1 aromatic heterocycles. The molecule has 11 heteroatoms.